The number of carbonyl (C=O) groups is 2. The molecule has 118 valence electrons. The van der Waals surface area contributed by atoms with E-state index in [1.165, 1.54) is 0 Å². The van der Waals surface area contributed by atoms with Gasteiger partial charge in [0.05, 0.1) is 6.42 Å². The standard InChI is InChI=1S/C17H22N2O3/c20-15-7-2-1-5-13(15)11-17(22)18-9-3-6-14(12-18)19-10-4-8-16(19)21/h1-2,5,7,14,20H,3-4,6,8-12H2/t14-/m1/s1. The first kappa shape index (κ1) is 14.9. The zero-order valence-electron chi connectivity index (χ0n) is 12.7. The maximum Gasteiger partial charge on any atom is 0.227 e. The van der Waals surface area contributed by atoms with Crippen LogP contribution in [0.4, 0.5) is 0 Å². The largest absolute Gasteiger partial charge is 0.508 e. The molecule has 2 saturated heterocycles. The van der Waals surface area contributed by atoms with Crippen LogP contribution in [0.2, 0.25) is 0 Å². The first-order valence-corrected chi connectivity index (χ1v) is 7.99. The number of nitrogens with zero attached hydrogens (tertiary/aromatic N) is 2. The molecule has 2 heterocycles. The first-order chi connectivity index (χ1) is 10.6. The summed E-state index contributed by atoms with van der Waals surface area (Å²) in [6.07, 6.45) is 3.70. The minimum absolute atomic E-state index is 0.0258. The Morgan fingerprint density at radius 3 is 2.77 bits per heavy atom. The second kappa shape index (κ2) is 6.38. The average molecular weight is 302 g/mol. The van der Waals surface area contributed by atoms with Crippen LogP contribution in [0.1, 0.15) is 31.2 Å². The molecule has 22 heavy (non-hydrogen) atoms. The van der Waals surface area contributed by atoms with Crippen LogP contribution in [0, 0.1) is 0 Å². The van der Waals surface area contributed by atoms with Gasteiger partial charge in [0.2, 0.25) is 11.8 Å². The van der Waals surface area contributed by atoms with E-state index >= 15 is 0 Å². The number of hydrogen-bond acceptors (Lipinski definition) is 3. The lowest BCUT2D eigenvalue weighted by molar-refractivity contribution is -0.137. The molecular weight excluding hydrogens is 280 g/mol. The van der Waals surface area contributed by atoms with Crippen molar-refractivity contribution in [3.8, 4) is 5.75 Å². The number of likely N-dealkylation sites (tertiary alicyclic amines) is 2. The number of piperidine rings is 1. The summed E-state index contributed by atoms with van der Waals surface area (Å²) < 4.78 is 0. The first-order valence-electron chi connectivity index (χ1n) is 7.99. The normalized spacial score (nSPS) is 22.2. The maximum atomic E-state index is 12.5. The number of amides is 2. The van der Waals surface area contributed by atoms with Crippen molar-refractivity contribution in [2.24, 2.45) is 0 Å². The molecule has 1 aromatic carbocycles. The number of phenolic OH excluding ortho intramolecular Hbond substituents is 1. The molecule has 2 amide bonds. The van der Waals surface area contributed by atoms with Crippen molar-refractivity contribution in [2.75, 3.05) is 19.6 Å². The third-order valence-electron chi connectivity index (χ3n) is 4.63. The molecule has 0 saturated carbocycles. The molecule has 2 aliphatic heterocycles. The molecule has 5 nitrogen and oxygen atoms in total. The number of hydrogen-bond donors (Lipinski definition) is 1. The number of carbonyl (C=O) groups excluding carboxylic acids is 2. The predicted octanol–water partition coefficient (Wildman–Crippen LogP) is 1.55. The lowest BCUT2D eigenvalue weighted by atomic mass is 10.0. The van der Waals surface area contributed by atoms with Crippen molar-refractivity contribution in [1.82, 2.24) is 9.80 Å². The highest BCUT2D eigenvalue weighted by molar-refractivity contribution is 5.80. The molecule has 1 atom stereocenters. The van der Waals surface area contributed by atoms with Crippen LogP contribution in [0.5, 0.6) is 5.75 Å². The minimum Gasteiger partial charge on any atom is -0.508 e. The Morgan fingerprint density at radius 2 is 2.05 bits per heavy atom. The Balaban J connectivity index is 1.63. The molecule has 2 aliphatic rings. The molecule has 0 radical (unpaired) electrons. The van der Waals surface area contributed by atoms with E-state index < -0.39 is 0 Å². The van der Waals surface area contributed by atoms with Gasteiger partial charge in [0.15, 0.2) is 0 Å². The fourth-order valence-electron chi connectivity index (χ4n) is 3.43. The smallest absolute Gasteiger partial charge is 0.227 e. The lowest BCUT2D eigenvalue weighted by Crippen LogP contribution is -2.50. The van der Waals surface area contributed by atoms with Crippen LogP contribution in [-0.4, -0.2) is 52.4 Å². The van der Waals surface area contributed by atoms with E-state index in [9.17, 15) is 14.7 Å². The predicted molar refractivity (Wildman–Crippen MR) is 82.4 cm³/mol. The summed E-state index contributed by atoms with van der Waals surface area (Å²) in [6.45, 7) is 2.19. The molecule has 3 rings (SSSR count). The van der Waals surface area contributed by atoms with E-state index in [-0.39, 0.29) is 30.0 Å². The van der Waals surface area contributed by atoms with Crippen molar-refractivity contribution >= 4 is 11.8 Å². The van der Waals surface area contributed by atoms with Crippen LogP contribution in [0.3, 0.4) is 0 Å². The van der Waals surface area contributed by atoms with E-state index in [0.717, 1.165) is 32.4 Å². The zero-order valence-corrected chi connectivity index (χ0v) is 12.7. The lowest BCUT2D eigenvalue weighted by Gasteiger charge is -2.37. The van der Waals surface area contributed by atoms with Crippen LogP contribution in [0.15, 0.2) is 24.3 Å². The molecule has 0 aromatic heterocycles. The molecule has 0 bridgehead atoms. The summed E-state index contributed by atoms with van der Waals surface area (Å²) in [4.78, 5) is 28.1. The highest BCUT2D eigenvalue weighted by Crippen LogP contribution is 2.23. The van der Waals surface area contributed by atoms with Crippen LogP contribution >= 0.6 is 0 Å². The van der Waals surface area contributed by atoms with Gasteiger partial charge in [-0.1, -0.05) is 18.2 Å². The summed E-state index contributed by atoms with van der Waals surface area (Å²) in [5.41, 5.74) is 0.659. The van der Waals surface area contributed by atoms with Gasteiger partial charge in [-0.3, -0.25) is 9.59 Å². The summed E-state index contributed by atoms with van der Waals surface area (Å²) in [5.74, 6) is 0.414. The Bertz CT molecular complexity index is 573. The van der Waals surface area contributed by atoms with Crippen molar-refractivity contribution in [3.63, 3.8) is 0 Å². The van der Waals surface area contributed by atoms with Gasteiger partial charge in [-0.05, 0) is 25.3 Å². The molecule has 0 aliphatic carbocycles. The number of benzene rings is 1. The fourth-order valence-corrected chi connectivity index (χ4v) is 3.43. The van der Waals surface area contributed by atoms with E-state index in [0.29, 0.717) is 18.5 Å². The number of aromatic hydroxyl groups is 1. The van der Waals surface area contributed by atoms with Gasteiger partial charge < -0.3 is 14.9 Å². The Kier molecular flexibility index (Phi) is 4.32. The van der Waals surface area contributed by atoms with Crippen LogP contribution < -0.4 is 0 Å². The van der Waals surface area contributed by atoms with E-state index in [1.54, 1.807) is 18.2 Å². The van der Waals surface area contributed by atoms with Gasteiger partial charge in [-0.2, -0.15) is 0 Å². The summed E-state index contributed by atoms with van der Waals surface area (Å²) in [6, 6.07) is 7.11. The van der Waals surface area contributed by atoms with E-state index in [4.69, 9.17) is 0 Å². The molecule has 0 spiro atoms. The Labute approximate surface area is 130 Å². The van der Waals surface area contributed by atoms with Crippen LogP contribution in [-0.2, 0) is 16.0 Å². The maximum absolute atomic E-state index is 12.5. The van der Waals surface area contributed by atoms with Gasteiger partial charge in [0.1, 0.15) is 5.75 Å². The molecule has 5 heteroatoms. The topological polar surface area (TPSA) is 60.9 Å². The van der Waals surface area contributed by atoms with Gasteiger partial charge >= 0.3 is 0 Å². The highest BCUT2D eigenvalue weighted by Gasteiger charge is 2.32. The summed E-state index contributed by atoms with van der Waals surface area (Å²) in [5, 5.41) is 9.79. The van der Waals surface area contributed by atoms with Crippen molar-refractivity contribution < 1.29 is 14.7 Å². The van der Waals surface area contributed by atoms with Crippen molar-refractivity contribution in [1.29, 1.82) is 0 Å². The quantitative estimate of drug-likeness (QED) is 0.921. The van der Waals surface area contributed by atoms with Gasteiger partial charge in [0, 0.05) is 37.7 Å². The number of para-hydroxylation sites is 1. The van der Waals surface area contributed by atoms with Gasteiger partial charge in [0.25, 0.3) is 0 Å². The van der Waals surface area contributed by atoms with E-state index in [2.05, 4.69) is 0 Å². The third kappa shape index (κ3) is 3.08. The second-order valence-electron chi connectivity index (χ2n) is 6.13. The molecule has 1 N–H and O–H groups in total. The van der Waals surface area contributed by atoms with E-state index in [1.807, 2.05) is 15.9 Å². The van der Waals surface area contributed by atoms with Crippen LogP contribution in [0.25, 0.3) is 0 Å². The average Bonchev–Trinajstić information content (AvgIpc) is 2.96. The monoisotopic (exact) mass is 302 g/mol. The molecule has 1 aromatic rings. The zero-order chi connectivity index (χ0) is 15.5. The number of rotatable bonds is 3. The van der Waals surface area contributed by atoms with Crippen molar-refractivity contribution in [3.05, 3.63) is 29.8 Å². The molecular formula is C17H22N2O3. The van der Waals surface area contributed by atoms with Gasteiger partial charge in [-0.15, -0.1) is 0 Å². The summed E-state index contributed by atoms with van der Waals surface area (Å²) in [7, 11) is 0. The molecule has 0 unspecified atom stereocenters. The fraction of sp³-hybridized carbons (Fsp3) is 0.529. The highest BCUT2D eigenvalue weighted by atomic mass is 16.3. The third-order valence-corrected chi connectivity index (χ3v) is 4.63. The minimum atomic E-state index is 0.0258. The Hall–Kier alpha value is -2.04. The Morgan fingerprint density at radius 1 is 1.23 bits per heavy atom. The molecule has 2 fully saturated rings. The summed E-state index contributed by atoms with van der Waals surface area (Å²) >= 11 is 0. The second-order valence-corrected chi connectivity index (χ2v) is 6.13. The number of phenols is 1. The SMILES string of the molecule is O=C(Cc1ccccc1O)N1CCC[C@@H](N2CCCC2=O)C1. The van der Waals surface area contributed by atoms with Gasteiger partial charge in [-0.25, -0.2) is 0 Å². The van der Waals surface area contributed by atoms with Crippen molar-refractivity contribution in [2.45, 2.75) is 38.1 Å².